The molecule has 4 nitrogen and oxygen atoms in total. The van der Waals surface area contributed by atoms with Crippen LogP contribution in [0.2, 0.25) is 0 Å². The third-order valence-electron chi connectivity index (χ3n) is 7.16. The van der Waals surface area contributed by atoms with Gasteiger partial charge in [-0.2, -0.15) is 0 Å². The van der Waals surface area contributed by atoms with Gasteiger partial charge in [-0.15, -0.1) is 0 Å². The predicted octanol–water partition coefficient (Wildman–Crippen LogP) is 7.11. The first-order chi connectivity index (χ1) is 15.9. The molecule has 1 atom stereocenters. The zero-order valence-corrected chi connectivity index (χ0v) is 19.8. The molecule has 0 radical (unpaired) electrons. The molecule has 1 heterocycles. The van der Waals surface area contributed by atoms with E-state index < -0.39 is 0 Å². The van der Waals surface area contributed by atoms with Crippen molar-refractivity contribution < 1.29 is 0 Å². The van der Waals surface area contributed by atoms with Crippen LogP contribution in [0.1, 0.15) is 44.5 Å². The normalized spacial score (nSPS) is 21.0. The van der Waals surface area contributed by atoms with Gasteiger partial charge in [-0.1, -0.05) is 50.3 Å². The molecular formula is C29H30N4. The van der Waals surface area contributed by atoms with Gasteiger partial charge in [-0.05, 0) is 77.1 Å². The summed E-state index contributed by atoms with van der Waals surface area (Å²) >= 11 is 0. The Kier molecular flexibility index (Phi) is 5.21. The van der Waals surface area contributed by atoms with E-state index in [9.17, 15) is 0 Å². The van der Waals surface area contributed by atoms with Gasteiger partial charge in [0, 0.05) is 19.8 Å². The van der Waals surface area contributed by atoms with Gasteiger partial charge in [0.1, 0.15) is 5.82 Å². The maximum Gasteiger partial charge on any atom is 0.231 e. The van der Waals surface area contributed by atoms with Crippen molar-refractivity contribution in [2.75, 3.05) is 19.0 Å². The fourth-order valence-electron chi connectivity index (χ4n) is 5.39. The molecule has 4 heteroatoms. The summed E-state index contributed by atoms with van der Waals surface area (Å²) in [6.45, 7) is 12.6. The minimum Gasteiger partial charge on any atom is -0.378 e. The number of allylic oxidation sites excluding steroid dienone is 5. The molecule has 2 aliphatic rings. The highest BCUT2D eigenvalue weighted by Crippen LogP contribution is 2.51. The Labute approximate surface area is 196 Å². The number of hydrogen-bond acceptors (Lipinski definition) is 2. The molecule has 5 rings (SSSR count). The van der Waals surface area contributed by atoms with Gasteiger partial charge in [0.05, 0.1) is 17.6 Å². The molecule has 0 saturated heterocycles. The van der Waals surface area contributed by atoms with Crippen molar-refractivity contribution in [1.29, 1.82) is 0 Å². The highest BCUT2D eigenvalue weighted by atomic mass is 15.1. The molecule has 0 amide bonds. The van der Waals surface area contributed by atoms with Crippen LogP contribution < -0.4 is 4.90 Å². The summed E-state index contributed by atoms with van der Waals surface area (Å²) in [4.78, 5) is 14.2. The molecule has 1 aromatic heterocycles. The third-order valence-corrected chi connectivity index (χ3v) is 7.16. The van der Waals surface area contributed by atoms with E-state index in [-0.39, 0.29) is 5.41 Å². The fourth-order valence-corrected chi connectivity index (χ4v) is 5.39. The number of H-pyrrole nitrogens is 1. The van der Waals surface area contributed by atoms with Crippen LogP contribution in [-0.4, -0.2) is 24.1 Å². The number of benzene rings is 2. The highest BCUT2D eigenvalue weighted by Gasteiger charge is 2.38. The van der Waals surface area contributed by atoms with Crippen molar-refractivity contribution in [2.45, 2.75) is 33.1 Å². The number of fused-ring (bicyclic) bond motifs is 2. The number of anilines is 1. The smallest absolute Gasteiger partial charge is 0.231 e. The summed E-state index contributed by atoms with van der Waals surface area (Å²) in [7, 11) is 4.14. The Bertz CT molecular complexity index is 1310. The number of aromatic amines is 1. The van der Waals surface area contributed by atoms with E-state index in [1.54, 1.807) is 0 Å². The summed E-state index contributed by atoms with van der Waals surface area (Å²) in [5, 5.41) is 0. The molecular weight excluding hydrogens is 404 g/mol. The first kappa shape index (κ1) is 21.3. The van der Waals surface area contributed by atoms with Crippen LogP contribution in [0.5, 0.6) is 0 Å². The Morgan fingerprint density at radius 3 is 2.55 bits per heavy atom. The van der Waals surface area contributed by atoms with Crippen LogP contribution in [-0.2, 0) is 0 Å². The second kappa shape index (κ2) is 8.08. The van der Waals surface area contributed by atoms with Crippen LogP contribution in [0.15, 0.2) is 71.8 Å². The molecule has 3 aromatic rings. The predicted molar refractivity (Wildman–Crippen MR) is 138 cm³/mol. The van der Waals surface area contributed by atoms with E-state index in [0.717, 1.165) is 35.9 Å². The molecule has 1 unspecified atom stereocenters. The number of rotatable bonds is 3. The van der Waals surface area contributed by atoms with Crippen LogP contribution in [0.3, 0.4) is 0 Å². The zero-order chi connectivity index (χ0) is 23.2. The largest absolute Gasteiger partial charge is 0.378 e. The first-order valence-corrected chi connectivity index (χ1v) is 11.6. The van der Waals surface area contributed by atoms with Gasteiger partial charge in [-0.3, -0.25) is 0 Å². The molecule has 0 saturated carbocycles. The van der Waals surface area contributed by atoms with Gasteiger partial charge in [0.2, 0.25) is 5.70 Å². The SMILES string of the molecule is [C-]#[N+]/C(=C1\C=C2C=C(c3ccc(N(C)C)cc3)CCC2C(C)(C)C1)c1nc2ccccc2[nH]1. The van der Waals surface area contributed by atoms with Crippen LogP contribution in [0, 0.1) is 17.9 Å². The number of hydrogen-bond donors (Lipinski definition) is 1. The van der Waals surface area contributed by atoms with E-state index in [1.807, 2.05) is 24.3 Å². The molecule has 0 bridgehead atoms. The summed E-state index contributed by atoms with van der Waals surface area (Å²) < 4.78 is 0. The van der Waals surface area contributed by atoms with Crippen molar-refractivity contribution in [3.8, 4) is 0 Å². The van der Waals surface area contributed by atoms with E-state index >= 15 is 0 Å². The van der Waals surface area contributed by atoms with Crippen molar-refractivity contribution in [2.24, 2.45) is 11.3 Å². The van der Waals surface area contributed by atoms with Crippen molar-refractivity contribution in [3.63, 3.8) is 0 Å². The lowest BCUT2D eigenvalue weighted by atomic mass is 9.62. The van der Waals surface area contributed by atoms with Gasteiger partial charge in [-0.25, -0.2) is 9.83 Å². The van der Waals surface area contributed by atoms with E-state index in [0.29, 0.717) is 17.4 Å². The van der Waals surface area contributed by atoms with Crippen molar-refractivity contribution in [1.82, 2.24) is 9.97 Å². The van der Waals surface area contributed by atoms with Gasteiger partial charge in [0.25, 0.3) is 0 Å². The number of nitrogens with zero attached hydrogens (tertiary/aromatic N) is 3. The minimum atomic E-state index is 0.0954. The second-order valence-corrected chi connectivity index (χ2v) is 10.1. The average molecular weight is 435 g/mol. The number of para-hydroxylation sites is 2. The van der Waals surface area contributed by atoms with Gasteiger partial charge in [0.15, 0.2) is 0 Å². The quantitative estimate of drug-likeness (QED) is 0.446. The second-order valence-electron chi connectivity index (χ2n) is 10.1. The summed E-state index contributed by atoms with van der Waals surface area (Å²) in [5.41, 5.74) is 8.91. The van der Waals surface area contributed by atoms with E-state index in [4.69, 9.17) is 11.6 Å². The van der Waals surface area contributed by atoms with Crippen molar-refractivity contribution >= 4 is 28.0 Å². The first-order valence-electron chi connectivity index (χ1n) is 11.6. The van der Waals surface area contributed by atoms with Gasteiger partial charge >= 0.3 is 0 Å². The minimum absolute atomic E-state index is 0.0954. The van der Waals surface area contributed by atoms with Crippen LogP contribution in [0.4, 0.5) is 5.69 Å². The fraction of sp³-hybridized carbons (Fsp3) is 0.310. The molecule has 0 spiro atoms. The molecule has 166 valence electrons. The molecule has 0 fully saturated rings. The van der Waals surface area contributed by atoms with Gasteiger partial charge < -0.3 is 9.88 Å². The van der Waals surface area contributed by atoms with Crippen molar-refractivity contribution in [3.05, 3.63) is 94.6 Å². The molecule has 2 aliphatic carbocycles. The molecule has 0 aliphatic heterocycles. The molecule has 33 heavy (non-hydrogen) atoms. The Balaban J connectivity index is 1.58. The lowest BCUT2D eigenvalue weighted by Crippen LogP contribution is -2.31. The zero-order valence-electron chi connectivity index (χ0n) is 19.8. The summed E-state index contributed by atoms with van der Waals surface area (Å²) in [5.74, 6) is 1.18. The molecule has 1 N–H and O–H groups in total. The third kappa shape index (κ3) is 3.89. The Hall–Kier alpha value is -3.58. The van der Waals surface area contributed by atoms with Crippen LogP contribution in [0.25, 0.3) is 27.1 Å². The lowest BCUT2D eigenvalue weighted by Gasteiger charge is -2.42. The lowest BCUT2D eigenvalue weighted by molar-refractivity contribution is 0.228. The number of aromatic nitrogens is 2. The summed E-state index contributed by atoms with van der Waals surface area (Å²) in [6.07, 6.45) is 7.76. The average Bonchev–Trinajstić information content (AvgIpc) is 3.22. The van der Waals surface area contributed by atoms with E-state index in [1.165, 1.54) is 22.4 Å². The topological polar surface area (TPSA) is 36.3 Å². The number of imidazole rings is 1. The Morgan fingerprint density at radius 1 is 1.09 bits per heavy atom. The maximum absolute atomic E-state index is 7.96. The Morgan fingerprint density at radius 2 is 1.85 bits per heavy atom. The standard InChI is InChI=1S/C29H30N4/c1-29(2)18-22(27(30-3)28-31-25-8-6-7-9-26(25)32-28)17-21-16-20(12-15-24(21)29)19-10-13-23(14-11-19)33(4)5/h6-11,13-14,16-17,24H,12,15,18H2,1-2,4-5H3,(H,31,32)/b27-22+. The number of nitrogens with one attached hydrogen (secondary N) is 1. The monoisotopic (exact) mass is 434 g/mol. The van der Waals surface area contributed by atoms with Crippen LogP contribution >= 0.6 is 0 Å². The van der Waals surface area contributed by atoms with E-state index in [2.05, 4.69) is 79.1 Å². The summed E-state index contributed by atoms with van der Waals surface area (Å²) in [6, 6.07) is 16.8. The maximum atomic E-state index is 7.96. The molecule has 2 aromatic carbocycles. The highest BCUT2D eigenvalue weighted by molar-refractivity contribution is 5.82.